The average Bonchev–Trinajstić information content (AvgIpc) is 3.22. The highest BCUT2D eigenvalue weighted by atomic mass is 15.2. The molecule has 1 aromatic heterocycles. The van der Waals surface area contributed by atoms with Gasteiger partial charge < -0.3 is 10.6 Å². The van der Waals surface area contributed by atoms with Gasteiger partial charge in [0.2, 0.25) is 5.95 Å². The van der Waals surface area contributed by atoms with Crippen LogP contribution in [0.25, 0.3) is 0 Å². The van der Waals surface area contributed by atoms with Gasteiger partial charge in [0.05, 0.1) is 5.69 Å². The van der Waals surface area contributed by atoms with Crippen molar-refractivity contribution >= 4 is 11.8 Å². The van der Waals surface area contributed by atoms with Crippen molar-refractivity contribution in [1.29, 1.82) is 0 Å². The van der Waals surface area contributed by atoms with Crippen LogP contribution in [0.5, 0.6) is 0 Å². The first kappa shape index (κ1) is 15.0. The van der Waals surface area contributed by atoms with Crippen LogP contribution in [0.3, 0.4) is 0 Å². The van der Waals surface area contributed by atoms with Crippen molar-refractivity contribution < 1.29 is 0 Å². The Hall–Kier alpha value is -1.32. The Bertz CT molecular complexity index is 621. The maximum absolute atomic E-state index is 6.20. The van der Waals surface area contributed by atoms with E-state index in [4.69, 9.17) is 15.7 Å². The largest absolute Gasteiger partial charge is 0.368 e. The lowest BCUT2D eigenvalue weighted by Crippen LogP contribution is -2.33. The third kappa shape index (κ3) is 2.25. The van der Waals surface area contributed by atoms with Crippen molar-refractivity contribution in [3.63, 3.8) is 0 Å². The zero-order valence-electron chi connectivity index (χ0n) is 14.8. The molecule has 2 heterocycles. The molecule has 1 saturated heterocycles. The zero-order valence-corrected chi connectivity index (χ0v) is 14.8. The molecule has 0 aromatic carbocycles. The molecule has 2 saturated carbocycles. The highest BCUT2D eigenvalue weighted by Crippen LogP contribution is 2.50. The summed E-state index contributed by atoms with van der Waals surface area (Å²) in [5.41, 5.74) is 9.32. The SMILES string of the molecule is Nc1nc(N2CC3CCCCC3C2)c2c(n1)C1(CCCC1)CCC2. The summed E-state index contributed by atoms with van der Waals surface area (Å²) in [6.45, 7) is 2.39. The molecule has 5 rings (SSSR count). The average molecular weight is 326 g/mol. The highest BCUT2D eigenvalue weighted by molar-refractivity contribution is 5.56. The van der Waals surface area contributed by atoms with Crippen LogP contribution >= 0.6 is 0 Å². The summed E-state index contributed by atoms with van der Waals surface area (Å²) >= 11 is 0. The number of nitrogens with zero attached hydrogens (tertiary/aromatic N) is 3. The monoisotopic (exact) mass is 326 g/mol. The van der Waals surface area contributed by atoms with Crippen molar-refractivity contribution in [3.8, 4) is 0 Å². The van der Waals surface area contributed by atoms with Gasteiger partial charge >= 0.3 is 0 Å². The van der Waals surface area contributed by atoms with Crippen LogP contribution < -0.4 is 10.6 Å². The first-order valence-electron chi connectivity index (χ1n) is 10.2. The van der Waals surface area contributed by atoms with E-state index >= 15 is 0 Å². The van der Waals surface area contributed by atoms with Crippen LogP contribution in [0.15, 0.2) is 0 Å². The third-order valence-corrected chi connectivity index (χ3v) is 7.42. The van der Waals surface area contributed by atoms with Crippen LogP contribution in [0, 0.1) is 11.8 Å². The topological polar surface area (TPSA) is 55.0 Å². The summed E-state index contributed by atoms with van der Waals surface area (Å²) in [6, 6.07) is 0. The van der Waals surface area contributed by atoms with Gasteiger partial charge in [-0.15, -0.1) is 0 Å². The fourth-order valence-electron chi connectivity index (χ4n) is 6.26. The summed E-state index contributed by atoms with van der Waals surface area (Å²) in [5.74, 6) is 3.48. The molecule has 0 radical (unpaired) electrons. The van der Waals surface area contributed by atoms with Gasteiger partial charge in [-0.05, 0) is 56.8 Å². The first-order valence-corrected chi connectivity index (χ1v) is 10.2. The number of hydrogen-bond donors (Lipinski definition) is 1. The molecule has 4 heteroatoms. The number of rotatable bonds is 1. The van der Waals surface area contributed by atoms with Crippen LogP contribution in [-0.4, -0.2) is 23.1 Å². The predicted molar refractivity (Wildman–Crippen MR) is 97.2 cm³/mol. The van der Waals surface area contributed by atoms with Crippen molar-refractivity contribution in [2.24, 2.45) is 11.8 Å². The molecule has 1 aromatic rings. The summed E-state index contributed by atoms with van der Waals surface area (Å²) in [7, 11) is 0. The lowest BCUT2D eigenvalue weighted by molar-refractivity contribution is 0.299. The third-order valence-electron chi connectivity index (χ3n) is 7.42. The smallest absolute Gasteiger partial charge is 0.222 e. The molecule has 4 nitrogen and oxygen atoms in total. The standard InChI is InChI=1S/C20H30N4/c21-19-22-17-16(8-5-11-20(17)9-3-4-10-20)18(23-19)24-12-14-6-1-2-7-15(14)13-24/h14-15H,1-13H2,(H2,21,22,23). The van der Waals surface area contributed by atoms with Gasteiger partial charge in [-0.3, -0.25) is 0 Å². The van der Waals surface area contributed by atoms with Gasteiger partial charge in [0.15, 0.2) is 0 Å². The second kappa shape index (κ2) is 5.60. The molecular formula is C20H30N4. The van der Waals surface area contributed by atoms with Crippen LogP contribution in [0.1, 0.15) is 75.5 Å². The van der Waals surface area contributed by atoms with Gasteiger partial charge in [-0.25, -0.2) is 4.98 Å². The van der Waals surface area contributed by atoms with Crippen LogP contribution in [-0.2, 0) is 11.8 Å². The molecule has 3 aliphatic carbocycles. The van der Waals surface area contributed by atoms with E-state index in [0.717, 1.165) is 18.3 Å². The van der Waals surface area contributed by atoms with Gasteiger partial charge in [0, 0.05) is 24.1 Å². The molecule has 1 spiro atoms. The van der Waals surface area contributed by atoms with E-state index in [2.05, 4.69) is 4.90 Å². The molecule has 2 atom stereocenters. The molecule has 2 N–H and O–H groups in total. The Morgan fingerprint density at radius 3 is 2.25 bits per heavy atom. The fraction of sp³-hybridized carbons (Fsp3) is 0.800. The molecule has 0 bridgehead atoms. The second-order valence-corrected chi connectivity index (χ2v) is 8.78. The predicted octanol–water partition coefficient (Wildman–Crippen LogP) is 3.83. The Balaban J connectivity index is 1.54. The zero-order chi connectivity index (χ0) is 16.1. The molecule has 4 aliphatic rings. The molecular weight excluding hydrogens is 296 g/mol. The minimum absolute atomic E-state index is 0.325. The summed E-state index contributed by atoms with van der Waals surface area (Å²) in [5, 5.41) is 0. The first-order chi connectivity index (χ1) is 11.8. The maximum Gasteiger partial charge on any atom is 0.222 e. The Morgan fingerprint density at radius 2 is 1.54 bits per heavy atom. The normalized spacial score (nSPS) is 31.2. The lowest BCUT2D eigenvalue weighted by atomic mass is 9.71. The van der Waals surface area contributed by atoms with Crippen molar-refractivity contribution in [3.05, 3.63) is 11.3 Å². The quantitative estimate of drug-likeness (QED) is 0.852. The summed E-state index contributed by atoms with van der Waals surface area (Å²) in [6.07, 6.45) is 14.7. The molecule has 1 aliphatic heterocycles. The van der Waals surface area contributed by atoms with Crippen molar-refractivity contribution in [1.82, 2.24) is 9.97 Å². The number of anilines is 2. The highest BCUT2D eigenvalue weighted by Gasteiger charge is 2.43. The number of fused-ring (bicyclic) bond motifs is 3. The molecule has 130 valence electrons. The van der Waals surface area contributed by atoms with Crippen molar-refractivity contribution in [2.45, 2.75) is 76.0 Å². The van der Waals surface area contributed by atoms with E-state index in [-0.39, 0.29) is 0 Å². The molecule has 2 unspecified atom stereocenters. The Morgan fingerprint density at radius 1 is 0.875 bits per heavy atom. The Kier molecular flexibility index (Phi) is 3.50. The number of nitrogen functional groups attached to an aromatic ring is 1. The van der Waals surface area contributed by atoms with E-state index in [1.807, 2.05) is 0 Å². The minimum atomic E-state index is 0.325. The van der Waals surface area contributed by atoms with Gasteiger partial charge in [-0.1, -0.05) is 25.7 Å². The lowest BCUT2D eigenvalue weighted by Gasteiger charge is -2.36. The second-order valence-electron chi connectivity index (χ2n) is 8.78. The van der Waals surface area contributed by atoms with E-state index in [0.29, 0.717) is 11.4 Å². The van der Waals surface area contributed by atoms with E-state index in [1.54, 1.807) is 0 Å². The summed E-state index contributed by atoms with van der Waals surface area (Å²) < 4.78 is 0. The fourth-order valence-corrected chi connectivity index (χ4v) is 6.26. The van der Waals surface area contributed by atoms with Crippen molar-refractivity contribution in [2.75, 3.05) is 23.7 Å². The number of nitrogens with two attached hydrogens (primary N) is 1. The Labute approximate surface area is 145 Å². The number of aromatic nitrogens is 2. The number of hydrogen-bond acceptors (Lipinski definition) is 4. The van der Waals surface area contributed by atoms with Crippen LogP contribution in [0.4, 0.5) is 11.8 Å². The van der Waals surface area contributed by atoms with E-state index < -0.39 is 0 Å². The van der Waals surface area contributed by atoms with Gasteiger partial charge in [0.1, 0.15) is 5.82 Å². The molecule has 0 amide bonds. The van der Waals surface area contributed by atoms with Gasteiger partial charge in [0.25, 0.3) is 0 Å². The molecule has 3 fully saturated rings. The maximum atomic E-state index is 6.20. The van der Waals surface area contributed by atoms with E-state index in [9.17, 15) is 0 Å². The molecule has 24 heavy (non-hydrogen) atoms. The van der Waals surface area contributed by atoms with Crippen LogP contribution in [0.2, 0.25) is 0 Å². The minimum Gasteiger partial charge on any atom is -0.368 e. The van der Waals surface area contributed by atoms with Gasteiger partial charge in [-0.2, -0.15) is 4.98 Å². The summed E-state index contributed by atoms with van der Waals surface area (Å²) in [4.78, 5) is 12.2. The van der Waals surface area contributed by atoms with E-state index in [1.165, 1.54) is 94.4 Å².